The van der Waals surface area contributed by atoms with Gasteiger partial charge in [0.25, 0.3) is 0 Å². The van der Waals surface area contributed by atoms with Crippen molar-refractivity contribution in [2.75, 3.05) is 12.4 Å². The summed E-state index contributed by atoms with van der Waals surface area (Å²) in [5.74, 6) is -0.661. The number of fused-ring (bicyclic) bond motifs is 1. The molecule has 21 heavy (non-hydrogen) atoms. The van der Waals surface area contributed by atoms with Crippen LogP contribution in [0.5, 0.6) is 0 Å². The monoisotopic (exact) mass is 290 g/mol. The Morgan fingerprint density at radius 1 is 1.29 bits per heavy atom. The minimum atomic E-state index is -1.19. The number of hydrogen-bond acceptors (Lipinski definition) is 5. The molecule has 2 aromatic heterocycles. The standard InChI is InChI=1S/C14H12N4O2.Na/c1-15-14-16-5-4-11(18-14)12-7-9-6-8(13(19)20)2-3-10(9)17-12;/h2-7,17H,1H3,(H,19,20)(H,15,16,18);/q;+1/p-1. The fraction of sp³-hybridized carbons (Fsp3) is 0.0714. The third-order valence-corrected chi connectivity index (χ3v) is 3.01. The van der Waals surface area contributed by atoms with E-state index in [2.05, 4.69) is 20.3 Å². The summed E-state index contributed by atoms with van der Waals surface area (Å²) in [6, 6.07) is 8.43. The number of nitrogens with one attached hydrogen (secondary N) is 2. The molecule has 0 amide bonds. The smallest absolute Gasteiger partial charge is 0.545 e. The van der Waals surface area contributed by atoms with Gasteiger partial charge in [-0.2, -0.15) is 0 Å². The number of aromatic nitrogens is 3. The van der Waals surface area contributed by atoms with Crippen molar-refractivity contribution in [2.24, 2.45) is 0 Å². The van der Waals surface area contributed by atoms with Crippen molar-refractivity contribution in [3.05, 3.63) is 42.1 Å². The first-order chi connectivity index (χ1) is 9.67. The maximum Gasteiger partial charge on any atom is 1.00 e. The molecule has 0 aliphatic rings. The summed E-state index contributed by atoms with van der Waals surface area (Å²) in [7, 11) is 1.75. The second-order valence-electron chi connectivity index (χ2n) is 4.29. The van der Waals surface area contributed by atoms with Gasteiger partial charge in [0.05, 0.1) is 17.4 Å². The normalized spacial score (nSPS) is 10.1. The van der Waals surface area contributed by atoms with E-state index in [0.717, 1.165) is 22.3 Å². The first-order valence-electron chi connectivity index (χ1n) is 6.02. The molecule has 0 bridgehead atoms. The van der Waals surface area contributed by atoms with E-state index in [0.29, 0.717) is 5.95 Å². The number of nitrogens with zero attached hydrogens (tertiary/aromatic N) is 2. The minimum absolute atomic E-state index is 0. The number of hydrogen-bond donors (Lipinski definition) is 2. The number of aromatic carboxylic acids is 1. The number of carbonyl (C=O) groups is 1. The summed E-state index contributed by atoms with van der Waals surface area (Å²) in [5.41, 5.74) is 2.53. The van der Waals surface area contributed by atoms with E-state index in [9.17, 15) is 9.90 Å². The molecule has 2 heterocycles. The number of H-pyrrole nitrogens is 1. The van der Waals surface area contributed by atoms with E-state index < -0.39 is 5.97 Å². The van der Waals surface area contributed by atoms with Gasteiger partial charge in [-0.05, 0) is 29.8 Å². The van der Waals surface area contributed by atoms with Crippen LogP contribution >= 0.6 is 0 Å². The van der Waals surface area contributed by atoms with Crippen molar-refractivity contribution in [2.45, 2.75) is 0 Å². The Balaban J connectivity index is 0.00000161. The van der Waals surface area contributed by atoms with Gasteiger partial charge >= 0.3 is 29.6 Å². The van der Waals surface area contributed by atoms with Gasteiger partial charge in [0.1, 0.15) is 0 Å². The number of rotatable bonds is 3. The van der Waals surface area contributed by atoms with Gasteiger partial charge in [-0.15, -0.1) is 0 Å². The SMILES string of the molecule is CNc1nccc(-c2cc3cc(C(=O)[O-])ccc3[nH]2)n1.[Na+]. The summed E-state index contributed by atoms with van der Waals surface area (Å²) in [4.78, 5) is 22.4. The van der Waals surface area contributed by atoms with Crippen LogP contribution in [0.25, 0.3) is 22.3 Å². The van der Waals surface area contributed by atoms with Gasteiger partial charge in [0.2, 0.25) is 5.95 Å². The topological polar surface area (TPSA) is 93.7 Å². The van der Waals surface area contributed by atoms with E-state index >= 15 is 0 Å². The fourth-order valence-corrected chi connectivity index (χ4v) is 2.03. The molecule has 0 saturated heterocycles. The van der Waals surface area contributed by atoms with E-state index in [1.807, 2.05) is 6.07 Å². The molecule has 0 spiro atoms. The predicted molar refractivity (Wildman–Crippen MR) is 73.2 cm³/mol. The quantitative estimate of drug-likeness (QED) is 0.546. The predicted octanol–water partition coefficient (Wildman–Crippen LogP) is -1.97. The van der Waals surface area contributed by atoms with E-state index in [4.69, 9.17) is 0 Å². The molecule has 0 saturated carbocycles. The Kier molecular flexibility index (Phi) is 4.62. The maximum atomic E-state index is 10.9. The van der Waals surface area contributed by atoms with Crippen molar-refractivity contribution in [3.8, 4) is 11.4 Å². The number of carboxylic acid groups (broad SMARTS) is 1. The first kappa shape index (κ1) is 15.5. The number of benzene rings is 1. The average Bonchev–Trinajstić information content (AvgIpc) is 2.90. The van der Waals surface area contributed by atoms with Crippen LogP contribution in [-0.4, -0.2) is 28.0 Å². The Morgan fingerprint density at radius 3 is 2.81 bits per heavy atom. The third-order valence-electron chi connectivity index (χ3n) is 3.01. The molecule has 1 aromatic carbocycles. The molecule has 6 nitrogen and oxygen atoms in total. The van der Waals surface area contributed by atoms with Crippen molar-refractivity contribution < 1.29 is 39.5 Å². The average molecular weight is 290 g/mol. The van der Waals surface area contributed by atoms with Crippen molar-refractivity contribution >= 4 is 22.8 Å². The Morgan fingerprint density at radius 2 is 2.10 bits per heavy atom. The molecule has 0 aliphatic heterocycles. The van der Waals surface area contributed by atoms with Crippen LogP contribution in [-0.2, 0) is 0 Å². The van der Waals surface area contributed by atoms with Gasteiger partial charge in [-0.25, -0.2) is 9.97 Å². The Labute approximate surface area is 142 Å². The fourth-order valence-electron chi connectivity index (χ4n) is 2.03. The molecule has 100 valence electrons. The molecule has 0 unspecified atom stereocenters. The van der Waals surface area contributed by atoms with Gasteiger partial charge in [0, 0.05) is 24.1 Å². The molecule has 0 atom stereocenters. The zero-order valence-corrected chi connectivity index (χ0v) is 13.7. The van der Waals surface area contributed by atoms with Crippen LogP contribution in [0.2, 0.25) is 0 Å². The summed E-state index contributed by atoms with van der Waals surface area (Å²) in [5, 5.41) is 14.5. The maximum absolute atomic E-state index is 10.9. The summed E-state index contributed by atoms with van der Waals surface area (Å²) >= 11 is 0. The minimum Gasteiger partial charge on any atom is -0.545 e. The molecule has 7 heteroatoms. The zero-order chi connectivity index (χ0) is 14.1. The second kappa shape index (κ2) is 6.26. The zero-order valence-electron chi connectivity index (χ0n) is 11.7. The van der Waals surface area contributed by atoms with Gasteiger partial charge in [-0.1, -0.05) is 6.07 Å². The van der Waals surface area contributed by atoms with Gasteiger partial charge in [-0.3, -0.25) is 0 Å². The summed E-state index contributed by atoms with van der Waals surface area (Å²) in [6.45, 7) is 0. The van der Waals surface area contributed by atoms with Crippen LogP contribution in [0.1, 0.15) is 10.4 Å². The first-order valence-corrected chi connectivity index (χ1v) is 6.02. The van der Waals surface area contributed by atoms with Crippen LogP contribution in [0.4, 0.5) is 5.95 Å². The molecule has 0 aliphatic carbocycles. The third kappa shape index (κ3) is 3.07. The molecular formula is C14H11N4NaO2. The molecule has 0 fully saturated rings. The van der Waals surface area contributed by atoms with E-state index in [1.165, 1.54) is 6.07 Å². The Bertz CT molecular complexity index is 801. The molecule has 2 N–H and O–H groups in total. The van der Waals surface area contributed by atoms with E-state index in [-0.39, 0.29) is 35.1 Å². The van der Waals surface area contributed by atoms with Crippen molar-refractivity contribution in [3.63, 3.8) is 0 Å². The van der Waals surface area contributed by atoms with Crippen LogP contribution in [0.3, 0.4) is 0 Å². The molecule has 0 radical (unpaired) electrons. The van der Waals surface area contributed by atoms with Crippen molar-refractivity contribution in [1.82, 2.24) is 15.0 Å². The summed E-state index contributed by atoms with van der Waals surface area (Å²) < 4.78 is 0. The van der Waals surface area contributed by atoms with E-state index in [1.54, 1.807) is 31.4 Å². The molecule has 3 rings (SSSR count). The summed E-state index contributed by atoms with van der Waals surface area (Å²) in [6.07, 6.45) is 1.66. The van der Waals surface area contributed by atoms with Crippen LogP contribution in [0.15, 0.2) is 36.5 Å². The van der Waals surface area contributed by atoms with Gasteiger partial charge in [0.15, 0.2) is 0 Å². The number of carboxylic acids is 1. The van der Waals surface area contributed by atoms with Crippen molar-refractivity contribution in [1.29, 1.82) is 0 Å². The van der Waals surface area contributed by atoms with Crippen LogP contribution in [0, 0.1) is 0 Å². The second-order valence-corrected chi connectivity index (χ2v) is 4.29. The molecule has 3 aromatic rings. The largest absolute Gasteiger partial charge is 1.00 e. The van der Waals surface area contributed by atoms with Gasteiger partial charge < -0.3 is 20.2 Å². The number of anilines is 1. The van der Waals surface area contributed by atoms with Crippen LogP contribution < -0.4 is 40.0 Å². The molecular weight excluding hydrogens is 279 g/mol. The number of aromatic amines is 1. The number of carbonyl (C=O) groups excluding carboxylic acids is 1. The Hall–Kier alpha value is -1.89.